The van der Waals surface area contributed by atoms with Crippen LogP contribution in [0.4, 0.5) is 19.1 Å². The fourth-order valence-corrected chi connectivity index (χ4v) is 3.31. The lowest BCUT2D eigenvalue weighted by Gasteiger charge is -2.05. The van der Waals surface area contributed by atoms with E-state index in [1.807, 2.05) is 60.8 Å². The number of alkyl halides is 3. The average Bonchev–Trinajstić information content (AvgIpc) is 3.33. The standard InChI is InChI=1S/C21H18F3N5O/c22-21(23,24)19-26-20(28-27-19)25-18(30)11-10-15-13-29(12-14-6-2-1-3-7-14)17-9-5-4-8-16(15)17/h1-9,13H,10-12H2,(H2,25,26,27,28,30). The largest absolute Gasteiger partial charge is 0.451 e. The molecule has 0 spiro atoms. The van der Waals surface area contributed by atoms with Gasteiger partial charge < -0.3 is 4.57 Å². The van der Waals surface area contributed by atoms with Gasteiger partial charge in [-0.1, -0.05) is 48.5 Å². The third-order valence-corrected chi connectivity index (χ3v) is 4.69. The number of fused-ring (bicyclic) bond motifs is 1. The Morgan fingerprint density at radius 2 is 1.80 bits per heavy atom. The van der Waals surface area contributed by atoms with Crippen LogP contribution < -0.4 is 5.32 Å². The molecule has 4 aromatic rings. The highest BCUT2D eigenvalue weighted by molar-refractivity contribution is 5.90. The van der Waals surface area contributed by atoms with Crippen LogP contribution in [0.2, 0.25) is 0 Å². The number of anilines is 1. The van der Waals surface area contributed by atoms with Crippen molar-refractivity contribution in [3.8, 4) is 0 Å². The number of carbonyl (C=O) groups is 1. The zero-order valence-corrected chi connectivity index (χ0v) is 15.8. The summed E-state index contributed by atoms with van der Waals surface area (Å²) in [6.07, 6.45) is -2.10. The maximum Gasteiger partial charge on any atom is 0.451 e. The van der Waals surface area contributed by atoms with E-state index in [1.165, 1.54) is 0 Å². The van der Waals surface area contributed by atoms with E-state index in [1.54, 1.807) is 5.10 Å². The molecule has 2 heterocycles. The first kappa shape index (κ1) is 19.7. The number of aryl methyl sites for hydroxylation is 1. The summed E-state index contributed by atoms with van der Waals surface area (Å²) in [5.41, 5.74) is 3.20. The monoisotopic (exact) mass is 413 g/mol. The molecule has 4 rings (SSSR count). The second kappa shape index (κ2) is 8.02. The van der Waals surface area contributed by atoms with Crippen molar-refractivity contribution in [2.75, 3.05) is 5.32 Å². The van der Waals surface area contributed by atoms with Crippen LogP contribution in [-0.2, 0) is 23.9 Å². The number of hydrogen-bond donors (Lipinski definition) is 2. The van der Waals surface area contributed by atoms with E-state index in [9.17, 15) is 18.0 Å². The molecule has 0 unspecified atom stereocenters. The maximum atomic E-state index is 12.6. The molecule has 0 saturated carbocycles. The molecular weight excluding hydrogens is 395 g/mol. The minimum atomic E-state index is -4.64. The molecule has 0 aliphatic rings. The predicted molar refractivity (Wildman–Crippen MR) is 106 cm³/mol. The summed E-state index contributed by atoms with van der Waals surface area (Å²) >= 11 is 0. The van der Waals surface area contributed by atoms with Crippen LogP contribution in [0.25, 0.3) is 10.9 Å². The van der Waals surface area contributed by atoms with Crippen molar-refractivity contribution < 1.29 is 18.0 Å². The van der Waals surface area contributed by atoms with Crippen molar-refractivity contribution in [2.45, 2.75) is 25.6 Å². The number of para-hydroxylation sites is 1. The summed E-state index contributed by atoms with van der Waals surface area (Å²) in [4.78, 5) is 15.4. The van der Waals surface area contributed by atoms with Crippen LogP contribution in [0.3, 0.4) is 0 Å². The average molecular weight is 413 g/mol. The van der Waals surface area contributed by atoms with E-state index < -0.39 is 17.9 Å². The number of benzene rings is 2. The Morgan fingerprint density at radius 1 is 1.07 bits per heavy atom. The highest BCUT2D eigenvalue weighted by atomic mass is 19.4. The normalized spacial score (nSPS) is 11.7. The van der Waals surface area contributed by atoms with Gasteiger partial charge in [-0.05, 0) is 23.6 Å². The van der Waals surface area contributed by atoms with Crippen molar-refractivity contribution in [2.24, 2.45) is 0 Å². The predicted octanol–water partition coefficient (Wildman–Crippen LogP) is 4.40. The van der Waals surface area contributed by atoms with Gasteiger partial charge in [0.25, 0.3) is 0 Å². The van der Waals surface area contributed by atoms with Crippen molar-refractivity contribution in [3.05, 3.63) is 77.7 Å². The zero-order valence-electron chi connectivity index (χ0n) is 15.8. The molecule has 0 fully saturated rings. The molecular formula is C21H18F3N5O. The summed E-state index contributed by atoms with van der Waals surface area (Å²) in [7, 11) is 0. The molecule has 30 heavy (non-hydrogen) atoms. The molecule has 2 aromatic carbocycles. The van der Waals surface area contributed by atoms with Gasteiger partial charge in [-0.3, -0.25) is 15.2 Å². The van der Waals surface area contributed by atoms with Gasteiger partial charge in [0.2, 0.25) is 17.7 Å². The molecule has 0 saturated heterocycles. The summed E-state index contributed by atoms with van der Waals surface area (Å²) in [6.45, 7) is 0.699. The Kier molecular flexibility index (Phi) is 5.26. The first-order valence-corrected chi connectivity index (χ1v) is 9.30. The van der Waals surface area contributed by atoms with E-state index in [-0.39, 0.29) is 12.4 Å². The van der Waals surface area contributed by atoms with Crippen LogP contribution >= 0.6 is 0 Å². The number of amides is 1. The molecule has 2 N–H and O–H groups in total. The number of hydrogen-bond acceptors (Lipinski definition) is 3. The molecule has 2 aromatic heterocycles. The van der Waals surface area contributed by atoms with Gasteiger partial charge in [-0.15, -0.1) is 5.10 Å². The number of nitrogens with one attached hydrogen (secondary N) is 2. The number of aromatic amines is 1. The molecule has 6 nitrogen and oxygen atoms in total. The van der Waals surface area contributed by atoms with Crippen LogP contribution in [-0.4, -0.2) is 25.7 Å². The van der Waals surface area contributed by atoms with Gasteiger partial charge in [-0.25, -0.2) is 0 Å². The Bertz CT molecular complexity index is 1160. The molecule has 0 bridgehead atoms. The first-order chi connectivity index (χ1) is 14.4. The smallest absolute Gasteiger partial charge is 0.343 e. The minimum Gasteiger partial charge on any atom is -0.343 e. The lowest BCUT2D eigenvalue weighted by molar-refractivity contribution is -0.144. The van der Waals surface area contributed by atoms with Crippen LogP contribution in [0.15, 0.2) is 60.8 Å². The maximum absolute atomic E-state index is 12.6. The summed E-state index contributed by atoms with van der Waals surface area (Å²) < 4.78 is 39.8. The number of H-pyrrole nitrogens is 1. The Morgan fingerprint density at radius 3 is 2.53 bits per heavy atom. The van der Waals surface area contributed by atoms with Crippen LogP contribution in [0, 0.1) is 0 Å². The molecule has 1 amide bonds. The second-order valence-electron chi connectivity index (χ2n) is 6.84. The SMILES string of the molecule is O=C(CCc1cn(Cc2ccccc2)c2ccccc12)Nc1n[nH]c(C(F)(F)F)n1. The lowest BCUT2D eigenvalue weighted by Crippen LogP contribution is -2.14. The van der Waals surface area contributed by atoms with Crippen LogP contribution in [0.1, 0.15) is 23.4 Å². The number of aromatic nitrogens is 4. The third kappa shape index (κ3) is 4.35. The highest BCUT2D eigenvalue weighted by Crippen LogP contribution is 2.26. The van der Waals surface area contributed by atoms with Gasteiger partial charge in [0.1, 0.15) is 0 Å². The quantitative estimate of drug-likeness (QED) is 0.492. The van der Waals surface area contributed by atoms with Gasteiger partial charge in [0, 0.05) is 30.1 Å². The summed E-state index contributed by atoms with van der Waals surface area (Å²) in [6, 6.07) is 17.9. The molecule has 0 aliphatic heterocycles. The van der Waals surface area contributed by atoms with Crippen molar-refractivity contribution in [1.29, 1.82) is 0 Å². The van der Waals surface area contributed by atoms with Gasteiger partial charge in [0.15, 0.2) is 0 Å². The van der Waals surface area contributed by atoms with Crippen molar-refractivity contribution in [1.82, 2.24) is 19.7 Å². The van der Waals surface area contributed by atoms with E-state index in [0.29, 0.717) is 13.0 Å². The fourth-order valence-electron chi connectivity index (χ4n) is 3.31. The molecule has 9 heteroatoms. The highest BCUT2D eigenvalue weighted by Gasteiger charge is 2.35. The number of rotatable bonds is 6. The second-order valence-corrected chi connectivity index (χ2v) is 6.84. The van der Waals surface area contributed by atoms with E-state index >= 15 is 0 Å². The van der Waals surface area contributed by atoms with E-state index in [2.05, 4.69) is 20.0 Å². The van der Waals surface area contributed by atoms with Crippen LogP contribution in [0.5, 0.6) is 0 Å². The van der Waals surface area contributed by atoms with Gasteiger partial charge >= 0.3 is 6.18 Å². The lowest BCUT2D eigenvalue weighted by atomic mass is 10.1. The van der Waals surface area contributed by atoms with Crippen molar-refractivity contribution >= 4 is 22.8 Å². The molecule has 0 atom stereocenters. The Hall–Kier alpha value is -3.62. The zero-order chi connectivity index (χ0) is 21.1. The van der Waals surface area contributed by atoms with E-state index in [4.69, 9.17) is 0 Å². The number of nitrogens with zero attached hydrogens (tertiary/aromatic N) is 3. The van der Waals surface area contributed by atoms with E-state index in [0.717, 1.165) is 22.0 Å². The van der Waals surface area contributed by atoms with Crippen molar-refractivity contribution in [3.63, 3.8) is 0 Å². The Balaban J connectivity index is 1.46. The third-order valence-electron chi connectivity index (χ3n) is 4.69. The van der Waals surface area contributed by atoms with Gasteiger partial charge in [-0.2, -0.15) is 18.2 Å². The molecule has 154 valence electrons. The fraction of sp³-hybridized carbons (Fsp3) is 0.190. The first-order valence-electron chi connectivity index (χ1n) is 9.30. The number of halogens is 3. The topological polar surface area (TPSA) is 75.6 Å². The number of carbonyl (C=O) groups excluding carboxylic acids is 1. The summed E-state index contributed by atoms with van der Waals surface area (Å²) in [5.74, 6) is -2.09. The molecule has 0 aliphatic carbocycles. The van der Waals surface area contributed by atoms with Gasteiger partial charge in [0.05, 0.1) is 0 Å². The molecule has 0 radical (unpaired) electrons. The summed E-state index contributed by atoms with van der Waals surface area (Å²) in [5, 5.41) is 8.50. The minimum absolute atomic E-state index is 0.0925. The Labute approximate surface area is 169 Å².